The van der Waals surface area contributed by atoms with Gasteiger partial charge in [0, 0.05) is 13.1 Å². The minimum absolute atomic E-state index is 0.0805. The molecule has 4 amide bonds. The van der Waals surface area contributed by atoms with Crippen LogP contribution in [-0.2, 0) is 22.7 Å². The number of halogens is 1. The number of para-hydroxylation sites is 1. The number of nitrogens with zero attached hydrogens (tertiary/aromatic N) is 6. The lowest BCUT2D eigenvalue weighted by atomic mass is 10.00. The molecular formula is C31H31FN8O3S. The molecule has 0 spiro atoms. The van der Waals surface area contributed by atoms with E-state index >= 15 is 0 Å². The third-order valence-corrected chi connectivity index (χ3v) is 8.00. The van der Waals surface area contributed by atoms with Gasteiger partial charge in [-0.2, -0.15) is 10.3 Å². The zero-order valence-electron chi connectivity index (χ0n) is 24.0. The first kappa shape index (κ1) is 30.5. The molecule has 5 rings (SSSR count). The van der Waals surface area contributed by atoms with Crippen LogP contribution in [0.15, 0.2) is 83.9 Å². The molecule has 0 aliphatic carbocycles. The Bertz CT molecular complexity index is 1600. The molecule has 226 valence electrons. The van der Waals surface area contributed by atoms with Gasteiger partial charge in [0.05, 0.1) is 24.8 Å². The van der Waals surface area contributed by atoms with E-state index < -0.39 is 24.1 Å². The number of hydrazine groups is 1. The van der Waals surface area contributed by atoms with Gasteiger partial charge in [-0.3, -0.25) is 9.59 Å². The van der Waals surface area contributed by atoms with E-state index in [-0.39, 0.29) is 44.5 Å². The first-order valence-corrected chi connectivity index (χ1v) is 15.1. The smallest absolute Gasteiger partial charge is 0.333 e. The van der Waals surface area contributed by atoms with E-state index in [2.05, 4.69) is 10.3 Å². The molecule has 2 atom stereocenters. The van der Waals surface area contributed by atoms with Crippen LogP contribution in [0.1, 0.15) is 22.7 Å². The number of nitriles is 1. The fourth-order valence-electron chi connectivity index (χ4n) is 5.38. The van der Waals surface area contributed by atoms with Crippen molar-refractivity contribution in [2.75, 3.05) is 25.9 Å². The van der Waals surface area contributed by atoms with E-state index in [1.54, 1.807) is 41.3 Å². The highest BCUT2D eigenvalue weighted by Crippen LogP contribution is 2.37. The Morgan fingerprint density at radius 2 is 1.82 bits per heavy atom. The van der Waals surface area contributed by atoms with Gasteiger partial charge < -0.3 is 20.9 Å². The van der Waals surface area contributed by atoms with Gasteiger partial charge in [-0.15, -0.1) is 0 Å². The molecule has 0 bridgehead atoms. The first-order chi connectivity index (χ1) is 21.3. The van der Waals surface area contributed by atoms with Crippen molar-refractivity contribution in [3.63, 3.8) is 0 Å². The second-order valence-corrected chi connectivity index (χ2v) is 11.0. The van der Waals surface area contributed by atoms with Gasteiger partial charge in [-0.05, 0) is 41.1 Å². The number of hydrogen-bond donors (Lipinski definition) is 2. The number of fused-ring (bicyclic) bond motifs is 1. The second-order valence-electron chi connectivity index (χ2n) is 10.2. The van der Waals surface area contributed by atoms with E-state index in [1.807, 2.05) is 42.7 Å². The lowest BCUT2D eigenvalue weighted by Gasteiger charge is -2.46. The minimum Gasteiger partial charge on any atom is -0.378 e. The van der Waals surface area contributed by atoms with E-state index in [1.165, 1.54) is 38.8 Å². The number of rotatable bonds is 8. The predicted molar refractivity (Wildman–Crippen MR) is 164 cm³/mol. The summed E-state index contributed by atoms with van der Waals surface area (Å²) in [5, 5.41) is 15.5. The van der Waals surface area contributed by atoms with Crippen molar-refractivity contribution in [1.82, 2.24) is 25.1 Å². The molecule has 0 radical (unpaired) electrons. The summed E-state index contributed by atoms with van der Waals surface area (Å²) in [5.41, 5.74) is 8.67. The quantitative estimate of drug-likeness (QED) is 0.226. The maximum atomic E-state index is 14.1. The van der Waals surface area contributed by atoms with E-state index in [4.69, 9.17) is 5.73 Å². The fourth-order valence-corrected chi connectivity index (χ4v) is 5.57. The highest BCUT2D eigenvalue weighted by Gasteiger charge is 2.52. The van der Waals surface area contributed by atoms with Crippen LogP contribution < -0.4 is 11.1 Å². The molecule has 11 nitrogen and oxygen atoms in total. The summed E-state index contributed by atoms with van der Waals surface area (Å²) in [6.07, 6.45) is 1.09. The highest BCUT2D eigenvalue weighted by atomic mass is 32.2. The maximum absolute atomic E-state index is 14.1. The number of piperazine rings is 1. The minimum atomic E-state index is -0.939. The van der Waals surface area contributed by atoms with Gasteiger partial charge in [0.25, 0.3) is 5.91 Å². The zero-order valence-corrected chi connectivity index (χ0v) is 24.8. The zero-order chi connectivity index (χ0) is 31.2. The molecule has 2 heterocycles. The van der Waals surface area contributed by atoms with Gasteiger partial charge in [-0.25, -0.2) is 19.2 Å². The third kappa shape index (κ3) is 6.51. The number of urea groups is 1. The van der Waals surface area contributed by atoms with E-state index in [9.17, 15) is 24.0 Å². The van der Waals surface area contributed by atoms with E-state index in [0.29, 0.717) is 22.0 Å². The largest absolute Gasteiger partial charge is 0.378 e. The van der Waals surface area contributed by atoms with Crippen LogP contribution >= 0.6 is 11.8 Å². The molecule has 3 aromatic rings. The molecule has 2 saturated heterocycles. The van der Waals surface area contributed by atoms with Gasteiger partial charge in [0.2, 0.25) is 5.91 Å². The Morgan fingerprint density at radius 3 is 2.52 bits per heavy atom. The molecular weight excluding hydrogens is 583 g/mol. The summed E-state index contributed by atoms with van der Waals surface area (Å²) in [4.78, 5) is 48.7. The molecule has 2 aliphatic rings. The number of amidine groups is 1. The number of aliphatic imine (C=N–C) groups is 1. The SMILES string of the molecule is CS/C(N)=N\c1ccccc1CN1C[C@H]2N(C(=O)CN2N(CC#N)C(=O)NCc2ccc(F)cc2)[C@@H](c2ccccc2)C1=O. The summed E-state index contributed by atoms with van der Waals surface area (Å²) in [6, 6.07) is 22.5. The summed E-state index contributed by atoms with van der Waals surface area (Å²) < 4.78 is 13.3. The maximum Gasteiger partial charge on any atom is 0.333 e. The van der Waals surface area contributed by atoms with Crippen LogP contribution in [0.3, 0.4) is 0 Å². The van der Waals surface area contributed by atoms with Crippen molar-refractivity contribution in [3.8, 4) is 6.07 Å². The number of carbonyl (C=O) groups excluding carboxylic acids is 3. The monoisotopic (exact) mass is 614 g/mol. The van der Waals surface area contributed by atoms with Gasteiger partial charge in [0.15, 0.2) is 5.17 Å². The van der Waals surface area contributed by atoms with Gasteiger partial charge in [-0.1, -0.05) is 72.4 Å². The molecule has 44 heavy (non-hydrogen) atoms. The molecule has 3 N–H and O–H groups in total. The third-order valence-electron chi connectivity index (χ3n) is 7.49. The first-order valence-electron chi connectivity index (χ1n) is 13.8. The average molecular weight is 615 g/mol. The standard InChI is InChI=1S/C31H31FN8O3S/c1-44-30(34)36-25-10-6-5-9-23(25)18-37-19-26-39(20-27(41)40(26)28(29(37)42)22-7-3-2-4-8-22)38(16-15-33)31(43)35-17-21-11-13-24(32)14-12-21/h2-14,26,28H,16-20H2,1H3,(H2,34,36)(H,35,43)/t26-,28+/m1/s1. The second kappa shape index (κ2) is 13.6. The van der Waals surface area contributed by atoms with Crippen LogP contribution in [0.2, 0.25) is 0 Å². The highest BCUT2D eigenvalue weighted by molar-refractivity contribution is 8.13. The van der Waals surface area contributed by atoms with E-state index in [0.717, 1.165) is 5.56 Å². The molecule has 2 aliphatic heterocycles. The molecule has 0 aromatic heterocycles. The number of nitrogens with one attached hydrogen (secondary N) is 1. The lowest BCUT2D eigenvalue weighted by molar-refractivity contribution is -0.158. The summed E-state index contributed by atoms with van der Waals surface area (Å²) in [5.74, 6) is -1.01. The lowest BCUT2D eigenvalue weighted by Crippen LogP contribution is -2.62. The van der Waals surface area contributed by atoms with Crippen LogP contribution in [-0.4, -0.2) is 74.9 Å². The molecule has 0 saturated carbocycles. The fraction of sp³-hybridized carbons (Fsp3) is 0.258. The number of carbonyl (C=O) groups is 3. The summed E-state index contributed by atoms with van der Waals surface area (Å²) >= 11 is 1.31. The Balaban J connectivity index is 1.47. The Kier molecular flexibility index (Phi) is 9.42. The van der Waals surface area contributed by atoms with Crippen molar-refractivity contribution in [1.29, 1.82) is 5.26 Å². The van der Waals surface area contributed by atoms with Crippen molar-refractivity contribution in [2.24, 2.45) is 10.7 Å². The molecule has 0 unspecified atom stereocenters. The van der Waals surface area contributed by atoms with Crippen LogP contribution in [0.4, 0.5) is 14.9 Å². The van der Waals surface area contributed by atoms with Gasteiger partial charge in [0.1, 0.15) is 24.6 Å². The number of amides is 4. The van der Waals surface area contributed by atoms with Crippen molar-refractivity contribution in [2.45, 2.75) is 25.3 Å². The van der Waals surface area contributed by atoms with Crippen molar-refractivity contribution < 1.29 is 18.8 Å². The summed E-state index contributed by atoms with van der Waals surface area (Å²) in [6.45, 7) is -0.179. The topological polar surface area (TPSA) is 138 Å². The number of hydrogen-bond acceptors (Lipinski definition) is 7. The summed E-state index contributed by atoms with van der Waals surface area (Å²) in [7, 11) is 0. The van der Waals surface area contributed by atoms with Crippen LogP contribution in [0.25, 0.3) is 0 Å². The Labute approximate surface area is 258 Å². The van der Waals surface area contributed by atoms with Gasteiger partial charge >= 0.3 is 6.03 Å². The molecule has 2 fully saturated rings. The van der Waals surface area contributed by atoms with Crippen molar-refractivity contribution in [3.05, 3.63) is 101 Å². The normalized spacial score (nSPS) is 18.6. The van der Waals surface area contributed by atoms with Crippen LogP contribution in [0.5, 0.6) is 0 Å². The average Bonchev–Trinajstić information content (AvgIpc) is 3.35. The number of nitrogens with two attached hydrogens (primary N) is 1. The Morgan fingerprint density at radius 1 is 1.11 bits per heavy atom. The predicted octanol–water partition coefficient (Wildman–Crippen LogP) is 3.34. The number of benzene rings is 3. The van der Waals surface area contributed by atoms with Crippen LogP contribution in [0, 0.1) is 17.1 Å². The number of thioether (sulfide) groups is 1. The van der Waals surface area contributed by atoms with Crippen molar-refractivity contribution >= 4 is 40.5 Å². The Hall–Kier alpha value is -4.93. The molecule has 3 aromatic carbocycles. The molecule has 13 heteroatoms.